The van der Waals surface area contributed by atoms with Crippen molar-refractivity contribution in [2.45, 2.75) is 13.8 Å². The van der Waals surface area contributed by atoms with Gasteiger partial charge in [-0.1, -0.05) is 11.6 Å². The SMILES string of the molecule is COc1cc(C)c(Cl)cc1-c1csc(C)n1. The van der Waals surface area contributed by atoms with Gasteiger partial charge in [0.15, 0.2) is 0 Å². The normalized spacial score (nSPS) is 10.5. The lowest BCUT2D eigenvalue weighted by atomic mass is 10.1. The van der Waals surface area contributed by atoms with Crippen molar-refractivity contribution in [3.8, 4) is 17.0 Å². The van der Waals surface area contributed by atoms with Crippen LogP contribution in [0.3, 0.4) is 0 Å². The van der Waals surface area contributed by atoms with E-state index in [2.05, 4.69) is 4.98 Å². The third-order valence-electron chi connectivity index (χ3n) is 2.38. The fourth-order valence-electron chi connectivity index (χ4n) is 1.51. The van der Waals surface area contributed by atoms with Crippen LogP contribution in [0.2, 0.25) is 5.02 Å². The Morgan fingerprint density at radius 3 is 2.62 bits per heavy atom. The molecular weight excluding hydrogens is 242 g/mol. The minimum Gasteiger partial charge on any atom is -0.496 e. The Bertz CT molecular complexity index is 522. The highest BCUT2D eigenvalue weighted by molar-refractivity contribution is 7.09. The van der Waals surface area contributed by atoms with Gasteiger partial charge in [0, 0.05) is 16.0 Å². The van der Waals surface area contributed by atoms with Crippen LogP contribution in [-0.4, -0.2) is 12.1 Å². The molecule has 0 fully saturated rings. The molecule has 0 unspecified atom stereocenters. The molecule has 0 atom stereocenters. The number of thiazole rings is 1. The number of hydrogen-bond acceptors (Lipinski definition) is 3. The summed E-state index contributed by atoms with van der Waals surface area (Å²) in [6.07, 6.45) is 0. The number of methoxy groups -OCH3 is 1. The second-order valence-electron chi connectivity index (χ2n) is 3.55. The van der Waals surface area contributed by atoms with E-state index in [0.29, 0.717) is 0 Å². The number of hydrogen-bond donors (Lipinski definition) is 0. The molecule has 0 radical (unpaired) electrons. The van der Waals surface area contributed by atoms with E-state index in [-0.39, 0.29) is 0 Å². The Morgan fingerprint density at radius 1 is 1.31 bits per heavy atom. The van der Waals surface area contributed by atoms with Gasteiger partial charge in [0.25, 0.3) is 0 Å². The van der Waals surface area contributed by atoms with Gasteiger partial charge >= 0.3 is 0 Å². The van der Waals surface area contributed by atoms with Crippen LogP contribution < -0.4 is 4.74 Å². The maximum absolute atomic E-state index is 6.12. The van der Waals surface area contributed by atoms with Crippen LogP contribution in [0.5, 0.6) is 5.75 Å². The van der Waals surface area contributed by atoms with Gasteiger partial charge in [0.1, 0.15) is 5.75 Å². The predicted molar refractivity (Wildman–Crippen MR) is 68.6 cm³/mol. The van der Waals surface area contributed by atoms with E-state index < -0.39 is 0 Å². The first-order valence-corrected chi connectivity index (χ1v) is 6.14. The summed E-state index contributed by atoms with van der Waals surface area (Å²) in [6.45, 7) is 3.94. The first kappa shape index (κ1) is 11.4. The zero-order chi connectivity index (χ0) is 11.7. The molecular formula is C12H12ClNOS. The molecule has 16 heavy (non-hydrogen) atoms. The molecule has 1 heterocycles. The molecule has 0 saturated heterocycles. The highest BCUT2D eigenvalue weighted by Crippen LogP contribution is 2.34. The van der Waals surface area contributed by atoms with Crippen molar-refractivity contribution >= 4 is 22.9 Å². The third-order valence-corrected chi connectivity index (χ3v) is 3.56. The summed E-state index contributed by atoms with van der Waals surface area (Å²) in [5.74, 6) is 0.812. The monoisotopic (exact) mass is 253 g/mol. The second-order valence-corrected chi connectivity index (χ2v) is 5.02. The van der Waals surface area contributed by atoms with E-state index in [1.54, 1.807) is 18.4 Å². The van der Waals surface area contributed by atoms with Gasteiger partial charge in [-0.2, -0.15) is 0 Å². The molecule has 0 aliphatic carbocycles. The Labute approximate surface area is 104 Å². The number of benzene rings is 1. The Hall–Kier alpha value is -1.06. The van der Waals surface area contributed by atoms with E-state index in [1.165, 1.54) is 0 Å². The molecule has 2 nitrogen and oxygen atoms in total. The topological polar surface area (TPSA) is 22.1 Å². The summed E-state index contributed by atoms with van der Waals surface area (Å²) >= 11 is 7.74. The lowest BCUT2D eigenvalue weighted by Crippen LogP contribution is -1.90. The minimum atomic E-state index is 0.737. The van der Waals surface area contributed by atoms with Gasteiger partial charge in [-0.15, -0.1) is 11.3 Å². The molecule has 1 aromatic carbocycles. The zero-order valence-electron chi connectivity index (χ0n) is 9.37. The lowest BCUT2D eigenvalue weighted by molar-refractivity contribution is 0.416. The summed E-state index contributed by atoms with van der Waals surface area (Å²) in [6, 6.07) is 3.84. The van der Waals surface area contributed by atoms with Gasteiger partial charge in [0.05, 0.1) is 17.8 Å². The van der Waals surface area contributed by atoms with E-state index >= 15 is 0 Å². The average molecular weight is 254 g/mol. The van der Waals surface area contributed by atoms with Crippen molar-refractivity contribution in [1.29, 1.82) is 0 Å². The number of halogens is 1. The van der Waals surface area contributed by atoms with E-state index in [4.69, 9.17) is 16.3 Å². The minimum absolute atomic E-state index is 0.737. The maximum atomic E-state index is 6.12. The molecule has 0 spiro atoms. The molecule has 0 aliphatic heterocycles. The van der Waals surface area contributed by atoms with Crippen LogP contribution in [0.15, 0.2) is 17.5 Å². The molecule has 0 N–H and O–H groups in total. The molecule has 0 amide bonds. The van der Waals surface area contributed by atoms with Crippen molar-refractivity contribution in [2.24, 2.45) is 0 Å². The smallest absolute Gasteiger partial charge is 0.128 e. The fraction of sp³-hybridized carbons (Fsp3) is 0.250. The van der Waals surface area contributed by atoms with Crippen molar-refractivity contribution in [3.63, 3.8) is 0 Å². The number of aromatic nitrogens is 1. The summed E-state index contributed by atoms with van der Waals surface area (Å²) in [5.41, 5.74) is 2.87. The van der Waals surface area contributed by atoms with Crippen LogP contribution in [-0.2, 0) is 0 Å². The Kier molecular flexibility index (Phi) is 3.17. The molecule has 84 valence electrons. The first-order valence-electron chi connectivity index (χ1n) is 4.88. The van der Waals surface area contributed by atoms with Gasteiger partial charge in [-0.05, 0) is 31.5 Å². The van der Waals surface area contributed by atoms with Crippen molar-refractivity contribution in [1.82, 2.24) is 4.98 Å². The Morgan fingerprint density at radius 2 is 2.06 bits per heavy atom. The van der Waals surface area contributed by atoms with Crippen molar-refractivity contribution in [2.75, 3.05) is 7.11 Å². The first-order chi connectivity index (χ1) is 7.61. The number of nitrogens with zero attached hydrogens (tertiary/aromatic N) is 1. The Balaban J connectivity index is 2.59. The van der Waals surface area contributed by atoms with Crippen LogP contribution >= 0.6 is 22.9 Å². The molecule has 0 aliphatic rings. The largest absolute Gasteiger partial charge is 0.496 e. The molecule has 2 aromatic rings. The van der Waals surface area contributed by atoms with Gasteiger partial charge in [0.2, 0.25) is 0 Å². The van der Waals surface area contributed by atoms with Crippen LogP contribution in [0.25, 0.3) is 11.3 Å². The summed E-state index contributed by atoms with van der Waals surface area (Å²) in [4.78, 5) is 4.44. The van der Waals surface area contributed by atoms with Gasteiger partial charge in [-0.3, -0.25) is 0 Å². The number of ether oxygens (including phenoxy) is 1. The standard InChI is InChI=1S/C12H12ClNOS/c1-7-4-12(15-3)9(5-10(7)13)11-6-16-8(2)14-11/h4-6H,1-3H3. The molecule has 0 saturated carbocycles. The lowest BCUT2D eigenvalue weighted by Gasteiger charge is -2.08. The van der Waals surface area contributed by atoms with E-state index in [1.807, 2.05) is 31.4 Å². The fourth-order valence-corrected chi connectivity index (χ4v) is 2.29. The van der Waals surface area contributed by atoms with E-state index in [9.17, 15) is 0 Å². The molecule has 2 rings (SSSR count). The van der Waals surface area contributed by atoms with Crippen molar-refractivity contribution < 1.29 is 4.74 Å². The quantitative estimate of drug-likeness (QED) is 0.804. The maximum Gasteiger partial charge on any atom is 0.128 e. The zero-order valence-corrected chi connectivity index (χ0v) is 10.9. The summed E-state index contributed by atoms with van der Waals surface area (Å²) < 4.78 is 5.35. The highest BCUT2D eigenvalue weighted by atomic mass is 35.5. The summed E-state index contributed by atoms with van der Waals surface area (Å²) in [5, 5.41) is 3.79. The van der Waals surface area contributed by atoms with E-state index in [0.717, 1.165) is 32.6 Å². The average Bonchev–Trinajstić information content (AvgIpc) is 2.68. The van der Waals surface area contributed by atoms with Gasteiger partial charge in [-0.25, -0.2) is 4.98 Å². The second kappa shape index (κ2) is 4.44. The molecule has 0 bridgehead atoms. The predicted octanol–water partition coefficient (Wildman–Crippen LogP) is 4.09. The van der Waals surface area contributed by atoms with Gasteiger partial charge < -0.3 is 4.74 Å². The van der Waals surface area contributed by atoms with Crippen LogP contribution in [0.1, 0.15) is 10.6 Å². The number of aryl methyl sites for hydroxylation is 2. The molecule has 1 aromatic heterocycles. The third kappa shape index (κ3) is 2.06. The summed E-state index contributed by atoms with van der Waals surface area (Å²) in [7, 11) is 1.66. The van der Waals surface area contributed by atoms with Crippen LogP contribution in [0.4, 0.5) is 0 Å². The highest BCUT2D eigenvalue weighted by Gasteiger charge is 2.11. The van der Waals surface area contributed by atoms with Crippen LogP contribution in [0, 0.1) is 13.8 Å². The molecule has 4 heteroatoms. The number of rotatable bonds is 2. The van der Waals surface area contributed by atoms with Crippen molar-refractivity contribution in [3.05, 3.63) is 33.1 Å².